The number of hydrogen-bond acceptors (Lipinski definition) is 9. The predicted molar refractivity (Wildman–Crippen MR) is 138 cm³/mol. The number of nitrogens with one attached hydrogen (secondary N) is 2. The second-order valence-corrected chi connectivity index (χ2v) is 9.96. The highest BCUT2D eigenvalue weighted by atomic mass is 32.1. The van der Waals surface area contributed by atoms with Gasteiger partial charge < -0.3 is 25.8 Å². The molecular formula is C24H20N6O3S2. The normalized spacial score (nSPS) is 13.5. The summed E-state index contributed by atoms with van der Waals surface area (Å²) in [6.07, 6.45) is 5.66. The van der Waals surface area contributed by atoms with Gasteiger partial charge in [-0.15, -0.1) is 11.3 Å². The number of rotatable bonds is 7. The molecule has 1 aliphatic heterocycles. The number of pyridine rings is 1. The molecule has 0 unspecified atom stereocenters. The molecule has 4 N–H and O–H groups in total. The summed E-state index contributed by atoms with van der Waals surface area (Å²) in [5, 5.41) is 7.67. The maximum atomic E-state index is 12.6. The molecule has 0 spiro atoms. The first-order valence-corrected chi connectivity index (χ1v) is 12.5. The molecule has 0 bridgehead atoms. The largest absolute Gasteiger partial charge is 0.482 e. The summed E-state index contributed by atoms with van der Waals surface area (Å²) in [7, 11) is 0. The monoisotopic (exact) mass is 504 g/mol. The van der Waals surface area contributed by atoms with Crippen molar-refractivity contribution in [3.63, 3.8) is 0 Å². The number of nitrogen functional groups attached to an aromatic ring is 1. The van der Waals surface area contributed by atoms with Crippen molar-refractivity contribution in [2.24, 2.45) is 0 Å². The Morgan fingerprint density at radius 3 is 2.80 bits per heavy atom. The molecule has 0 saturated carbocycles. The summed E-state index contributed by atoms with van der Waals surface area (Å²) in [6, 6.07) is 14.7. The number of thiazole rings is 1. The van der Waals surface area contributed by atoms with Gasteiger partial charge in [0.15, 0.2) is 16.5 Å². The van der Waals surface area contributed by atoms with E-state index in [1.807, 2.05) is 53.3 Å². The molecule has 4 aromatic heterocycles. The van der Waals surface area contributed by atoms with E-state index in [0.29, 0.717) is 29.5 Å². The number of imidazole rings is 1. The first kappa shape index (κ1) is 21.6. The van der Waals surface area contributed by atoms with E-state index in [1.54, 1.807) is 18.2 Å². The van der Waals surface area contributed by atoms with Gasteiger partial charge in [0, 0.05) is 12.4 Å². The minimum Gasteiger partial charge on any atom is -0.482 e. The Morgan fingerprint density at radius 2 is 1.97 bits per heavy atom. The highest BCUT2D eigenvalue weighted by molar-refractivity contribution is 7.20. The van der Waals surface area contributed by atoms with Gasteiger partial charge in [0.25, 0.3) is 5.91 Å². The fourth-order valence-electron chi connectivity index (χ4n) is 3.60. The fraction of sp³-hybridized carbons (Fsp3) is 0.125. The van der Waals surface area contributed by atoms with E-state index in [9.17, 15) is 4.79 Å². The van der Waals surface area contributed by atoms with Gasteiger partial charge in [-0.1, -0.05) is 23.5 Å². The van der Waals surface area contributed by atoms with Crippen LogP contribution in [-0.4, -0.2) is 39.6 Å². The topological polar surface area (TPSA) is 116 Å². The number of amides is 1. The number of nitrogens with zero attached hydrogens (tertiary/aromatic N) is 3. The van der Waals surface area contributed by atoms with Gasteiger partial charge >= 0.3 is 0 Å². The predicted octanol–water partition coefficient (Wildman–Crippen LogP) is 4.88. The number of hydrogen-bond donors (Lipinski definition) is 3. The molecule has 35 heavy (non-hydrogen) atoms. The first-order chi connectivity index (χ1) is 17.1. The van der Waals surface area contributed by atoms with Crippen molar-refractivity contribution in [3.8, 4) is 16.3 Å². The molecule has 1 fully saturated rings. The van der Waals surface area contributed by atoms with Crippen LogP contribution in [0.5, 0.6) is 5.75 Å². The summed E-state index contributed by atoms with van der Waals surface area (Å²) < 4.78 is 13.2. The molecule has 1 saturated heterocycles. The van der Waals surface area contributed by atoms with Gasteiger partial charge in [0.05, 0.1) is 51.2 Å². The first-order valence-electron chi connectivity index (χ1n) is 10.8. The Balaban J connectivity index is 1.17. The second kappa shape index (κ2) is 9.02. The van der Waals surface area contributed by atoms with Crippen LogP contribution in [0, 0.1) is 0 Å². The van der Waals surface area contributed by atoms with E-state index in [2.05, 4.69) is 20.6 Å². The average molecular weight is 505 g/mol. The summed E-state index contributed by atoms with van der Waals surface area (Å²) in [6.45, 7) is 1.20. The highest BCUT2D eigenvalue weighted by Crippen LogP contribution is 2.34. The summed E-state index contributed by atoms with van der Waals surface area (Å²) >= 11 is 2.85. The zero-order valence-corrected chi connectivity index (χ0v) is 19.9. The Bertz CT molecular complexity index is 1520. The summed E-state index contributed by atoms with van der Waals surface area (Å²) in [5.41, 5.74) is 8.71. The molecule has 1 amide bonds. The van der Waals surface area contributed by atoms with E-state index in [-0.39, 0.29) is 12.0 Å². The van der Waals surface area contributed by atoms with E-state index in [1.165, 1.54) is 22.7 Å². The molecule has 0 aliphatic carbocycles. The number of carbonyl (C=O) groups excluding carboxylic acids is 1. The van der Waals surface area contributed by atoms with Crippen LogP contribution < -0.4 is 21.1 Å². The molecular weight excluding hydrogens is 484 g/mol. The Hall–Kier alpha value is -3.93. The molecule has 9 nitrogen and oxygen atoms in total. The lowest BCUT2D eigenvalue weighted by atomic mass is 10.2. The minimum atomic E-state index is -0.210. The molecule has 176 valence electrons. The van der Waals surface area contributed by atoms with Crippen LogP contribution in [0.2, 0.25) is 0 Å². The zero-order valence-electron chi connectivity index (χ0n) is 18.3. The van der Waals surface area contributed by atoms with Crippen LogP contribution in [0.25, 0.3) is 16.2 Å². The number of anilines is 4. The number of ether oxygens (including phenoxy) is 2. The van der Waals surface area contributed by atoms with Gasteiger partial charge in [-0.05, 0) is 36.4 Å². The Morgan fingerprint density at radius 1 is 1.09 bits per heavy atom. The van der Waals surface area contributed by atoms with Crippen molar-refractivity contribution in [1.82, 2.24) is 14.4 Å². The van der Waals surface area contributed by atoms with Crippen molar-refractivity contribution in [2.75, 3.05) is 29.6 Å². The van der Waals surface area contributed by atoms with Crippen LogP contribution in [0.1, 0.15) is 9.67 Å². The van der Waals surface area contributed by atoms with Crippen molar-refractivity contribution in [3.05, 3.63) is 72.0 Å². The standard InChI is InChI=1S/C24H20N6O3S2/c25-15-4-1-2-5-16(15)28-23(31)19-7-8-21(34-19)29-24-27-11-20(35-24)17-10-26-22-18(6-3-9-30(17)22)33-14-12-32-13-14/h1-11,14H,12-13,25H2,(H,27,29)(H,28,31). The quantitative estimate of drug-likeness (QED) is 0.271. The number of thiophene rings is 1. The lowest BCUT2D eigenvalue weighted by Gasteiger charge is -2.26. The number of aromatic nitrogens is 3. The van der Waals surface area contributed by atoms with Gasteiger partial charge in [-0.3, -0.25) is 9.20 Å². The molecule has 1 aromatic carbocycles. The lowest BCUT2D eigenvalue weighted by Crippen LogP contribution is -2.38. The molecule has 5 heterocycles. The van der Waals surface area contributed by atoms with E-state index in [4.69, 9.17) is 15.2 Å². The molecule has 0 atom stereocenters. The maximum absolute atomic E-state index is 12.6. The van der Waals surface area contributed by atoms with Gasteiger partial charge in [0.1, 0.15) is 6.10 Å². The average Bonchev–Trinajstić information content (AvgIpc) is 3.58. The Kier molecular flexibility index (Phi) is 5.57. The molecule has 0 radical (unpaired) electrons. The van der Waals surface area contributed by atoms with Crippen molar-refractivity contribution in [1.29, 1.82) is 0 Å². The molecule has 1 aliphatic rings. The Labute approximate surface area is 208 Å². The summed E-state index contributed by atoms with van der Waals surface area (Å²) in [5.74, 6) is 0.523. The van der Waals surface area contributed by atoms with Crippen molar-refractivity contribution < 1.29 is 14.3 Å². The van der Waals surface area contributed by atoms with E-state index >= 15 is 0 Å². The third kappa shape index (κ3) is 4.32. The zero-order chi connectivity index (χ0) is 23.8. The number of benzene rings is 1. The van der Waals surface area contributed by atoms with Crippen LogP contribution in [0.15, 0.2) is 67.1 Å². The van der Waals surface area contributed by atoms with Crippen LogP contribution in [0.4, 0.5) is 21.5 Å². The van der Waals surface area contributed by atoms with Gasteiger partial charge in [-0.2, -0.15) is 0 Å². The van der Waals surface area contributed by atoms with Crippen molar-refractivity contribution >= 4 is 55.7 Å². The number of fused-ring (bicyclic) bond motifs is 1. The third-order valence-electron chi connectivity index (χ3n) is 5.43. The SMILES string of the molecule is Nc1ccccc1NC(=O)c1ccc(Nc2ncc(-c3cnc4c(OC5COC5)cccn34)s2)s1. The van der Waals surface area contributed by atoms with E-state index < -0.39 is 0 Å². The van der Waals surface area contributed by atoms with Gasteiger partial charge in [0.2, 0.25) is 0 Å². The maximum Gasteiger partial charge on any atom is 0.265 e. The minimum absolute atomic E-state index is 0.0726. The van der Waals surface area contributed by atoms with Gasteiger partial charge in [-0.25, -0.2) is 9.97 Å². The number of carbonyl (C=O) groups is 1. The molecule has 11 heteroatoms. The van der Waals surface area contributed by atoms with Crippen molar-refractivity contribution in [2.45, 2.75) is 6.10 Å². The van der Waals surface area contributed by atoms with E-state index in [0.717, 1.165) is 32.1 Å². The smallest absolute Gasteiger partial charge is 0.265 e. The second-order valence-electron chi connectivity index (χ2n) is 7.85. The number of para-hydroxylation sites is 2. The highest BCUT2D eigenvalue weighted by Gasteiger charge is 2.22. The summed E-state index contributed by atoms with van der Waals surface area (Å²) in [4.78, 5) is 23.2. The van der Waals surface area contributed by atoms with Crippen LogP contribution in [0.3, 0.4) is 0 Å². The molecule has 6 rings (SSSR count). The number of nitrogens with two attached hydrogens (primary N) is 1. The van der Waals surface area contributed by atoms with Crippen LogP contribution >= 0.6 is 22.7 Å². The third-order valence-corrected chi connectivity index (χ3v) is 7.36. The lowest BCUT2D eigenvalue weighted by molar-refractivity contribution is -0.0792. The molecule has 5 aromatic rings. The van der Waals surface area contributed by atoms with Crippen LogP contribution in [-0.2, 0) is 4.74 Å². The fourth-order valence-corrected chi connectivity index (χ4v) is 5.30.